The van der Waals surface area contributed by atoms with Gasteiger partial charge in [-0.15, -0.1) is 0 Å². The third kappa shape index (κ3) is 3.30. The molecule has 19 heavy (non-hydrogen) atoms. The van der Waals surface area contributed by atoms with Crippen LogP contribution in [0.3, 0.4) is 0 Å². The molecule has 0 N–H and O–H groups in total. The lowest BCUT2D eigenvalue weighted by Crippen LogP contribution is -2.10. The fourth-order valence-corrected chi connectivity index (χ4v) is 2.70. The largest absolute Gasteiger partial charge is 0.493 e. The van der Waals surface area contributed by atoms with Crippen LogP contribution in [0, 0.1) is 19.8 Å². The Kier molecular flexibility index (Phi) is 4.51. The lowest BCUT2D eigenvalue weighted by atomic mass is 9.92. The van der Waals surface area contributed by atoms with Crippen molar-refractivity contribution < 1.29 is 9.47 Å². The van der Waals surface area contributed by atoms with Crippen LogP contribution in [0.15, 0.2) is 12.1 Å². The number of hydrogen-bond acceptors (Lipinski definition) is 2. The minimum atomic E-state index is 0.448. The molecule has 0 amide bonds. The van der Waals surface area contributed by atoms with Crippen molar-refractivity contribution in [1.29, 1.82) is 0 Å². The first-order valence-electron chi connectivity index (χ1n) is 7.42. The lowest BCUT2D eigenvalue weighted by molar-refractivity contribution is 0.314. The smallest absolute Gasteiger partial charge is 0.122 e. The van der Waals surface area contributed by atoms with Crippen LogP contribution in [-0.2, 0) is 11.2 Å². The zero-order valence-electron chi connectivity index (χ0n) is 12.8. The lowest BCUT2D eigenvalue weighted by Gasteiger charge is -2.16. The molecule has 2 heteroatoms. The van der Waals surface area contributed by atoms with E-state index in [1.54, 1.807) is 0 Å². The summed E-state index contributed by atoms with van der Waals surface area (Å²) in [6.45, 7) is 11.7. The van der Waals surface area contributed by atoms with E-state index in [0.717, 1.165) is 25.2 Å². The number of ether oxygens (including phenoxy) is 2. The molecule has 1 aromatic carbocycles. The summed E-state index contributed by atoms with van der Waals surface area (Å²) in [6, 6.07) is 4.34. The molecule has 2 nitrogen and oxygen atoms in total. The van der Waals surface area contributed by atoms with Gasteiger partial charge < -0.3 is 9.47 Å². The van der Waals surface area contributed by atoms with E-state index in [4.69, 9.17) is 9.47 Å². The van der Waals surface area contributed by atoms with Gasteiger partial charge in [0.25, 0.3) is 0 Å². The highest BCUT2D eigenvalue weighted by molar-refractivity contribution is 5.43. The first-order valence-corrected chi connectivity index (χ1v) is 7.42. The summed E-state index contributed by atoms with van der Waals surface area (Å²) in [5.41, 5.74) is 4.08. The summed E-state index contributed by atoms with van der Waals surface area (Å²) >= 11 is 0. The van der Waals surface area contributed by atoms with E-state index in [1.165, 1.54) is 16.7 Å². The molecule has 1 fully saturated rings. The predicted molar refractivity (Wildman–Crippen MR) is 78.9 cm³/mol. The molecule has 1 saturated heterocycles. The Hall–Kier alpha value is -1.02. The van der Waals surface area contributed by atoms with Crippen molar-refractivity contribution in [3.8, 4) is 5.75 Å². The highest BCUT2D eigenvalue weighted by atomic mass is 16.6. The van der Waals surface area contributed by atoms with Crippen molar-refractivity contribution in [2.45, 2.75) is 59.7 Å². The third-order valence-electron chi connectivity index (χ3n) is 4.17. The van der Waals surface area contributed by atoms with Crippen LogP contribution in [0.5, 0.6) is 5.75 Å². The van der Waals surface area contributed by atoms with Crippen LogP contribution in [0.1, 0.15) is 43.9 Å². The average molecular weight is 262 g/mol. The van der Waals surface area contributed by atoms with Gasteiger partial charge in [0, 0.05) is 0 Å². The summed E-state index contributed by atoms with van der Waals surface area (Å²) in [4.78, 5) is 0. The monoisotopic (exact) mass is 262 g/mol. The van der Waals surface area contributed by atoms with Crippen molar-refractivity contribution in [2.75, 3.05) is 6.61 Å². The van der Waals surface area contributed by atoms with Crippen LogP contribution >= 0.6 is 0 Å². The van der Waals surface area contributed by atoms with Gasteiger partial charge in [0.1, 0.15) is 5.75 Å². The van der Waals surface area contributed by atoms with Gasteiger partial charge in [-0.25, -0.2) is 0 Å². The standard InChI is InChI=1S/C17H26O2/c1-6-9-18-16-8-7-15(12(3)13(16)4)10-11(2)17-14(5)19-17/h7-8,11,14,17H,6,9-10H2,1-5H3. The summed E-state index contributed by atoms with van der Waals surface area (Å²) < 4.78 is 11.4. The molecule has 3 atom stereocenters. The van der Waals surface area contributed by atoms with Gasteiger partial charge in [-0.1, -0.05) is 19.9 Å². The van der Waals surface area contributed by atoms with E-state index >= 15 is 0 Å². The normalized spacial score (nSPS) is 23.2. The predicted octanol–water partition coefficient (Wildman–Crippen LogP) is 4.06. The minimum absolute atomic E-state index is 0.448. The SMILES string of the molecule is CCCOc1ccc(CC(C)C2OC2C)c(C)c1C. The van der Waals surface area contributed by atoms with Crippen molar-refractivity contribution >= 4 is 0 Å². The van der Waals surface area contributed by atoms with Crippen LogP contribution in [0.2, 0.25) is 0 Å². The minimum Gasteiger partial charge on any atom is -0.493 e. The molecular formula is C17H26O2. The van der Waals surface area contributed by atoms with Crippen LogP contribution in [-0.4, -0.2) is 18.8 Å². The van der Waals surface area contributed by atoms with Crippen LogP contribution in [0.25, 0.3) is 0 Å². The second-order valence-corrected chi connectivity index (χ2v) is 5.81. The molecule has 1 heterocycles. The summed E-state index contributed by atoms with van der Waals surface area (Å²) in [6.07, 6.45) is 3.04. The quantitative estimate of drug-likeness (QED) is 0.721. The van der Waals surface area contributed by atoms with Gasteiger partial charge in [0.15, 0.2) is 0 Å². The molecule has 0 radical (unpaired) electrons. The van der Waals surface area contributed by atoms with Crippen molar-refractivity contribution in [1.82, 2.24) is 0 Å². The van der Waals surface area contributed by atoms with Crippen molar-refractivity contribution in [3.63, 3.8) is 0 Å². The first-order chi connectivity index (χ1) is 9.04. The molecule has 1 aliphatic rings. The number of benzene rings is 1. The Morgan fingerprint density at radius 2 is 1.95 bits per heavy atom. The van der Waals surface area contributed by atoms with E-state index in [1.807, 2.05) is 0 Å². The highest BCUT2D eigenvalue weighted by Gasteiger charge is 2.38. The first kappa shape index (κ1) is 14.4. The maximum atomic E-state index is 5.78. The Morgan fingerprint density at radius 1 is 1.26 bits per heavy atom. The Labute approximate surface area is 117 Å². The maximum absolute atomic E-state index is 5.78. The van der Waals surface area contributed by atoms with Crippen LogP contribution in [0.4, 0.5) is 0 Å². The average Bonchev–Trinajstić information content (AvgIpc) is 3.11. The zero-order valence-corrected chi connectivity index (χ0v) is 12.8. The van der Waals surface area contributed by atoms with Gasteiger partial charge >= 0.3 is 0 Å². The molecule has 3 unspecified atom stereocenters. The number of rotatable bonds is 6. The molecule has 0 aliphatic carbocycles. The van der Waals surface area contributed by atoms with Gasteiger partial charge in [-0.05, 0) is 62.3 Å². The molecule has 0 aromatic heterocycles. The number of hydrogen-bond donors (Lipinski definition) is 0. The fraction of sp³-hybridized carbons (Fsp3) is 0.647. The highest BCUT2D eigenvalue weighted by Crippen LogP contribution is 2.33. The Morgan fingerprint density at radius 3 is 2.53 bits per heavy atom. The second-order valence-electron chi connectivity index (χ2n) is 5.81. The van der Waals surface area contributed by atoms with E-state index < -0.39 is 0 Å². The van der Waals surface area contributed by atoms with Gasteiger partial charge in [0.2, 0.25) is 0 Å². The van der Waals surface area contributed by atoms with E-state index in [0.29, 0.717) is 18.1 Å². The van der Waals surface area contributed by atoms with E-state index in [2.05, 4.69) is 46.8 Å². The fourth-order valence-electron chi connectivity index (χ4n) is 2.70. The van der Waals surface area contributed by atoms with Crippen molar-refractivity contribution in [2.24, 2.45) is 5.92 Å². The third-order valence-corrected chi connectivity index (χ3v) is 4.17. The summed E-state index contributed by atoms with van der Waals surface area (Å²) in [7, 11) is 0. The maximum Gasteiger partial charge on any atom is 0.122 e. The molecule has 0 saturated carbocycles. The van der Waals surface area contributed by atoms with Gasteiger partial charge in [-0.3, -0.25) is 0 Å². The molecule has 0 bridgehead atoms. The van der Waals surface area contributed by atoms with E-state index in [-0.39, 0.29) is 0 Å². The molecule has 0 spiro atoms. The topological polar surface area (TPSA) is 21.8 Å². The van der Waals surface area contributed by atoms with Gasteiger partial charge in [-0.2, -0.15) is 0 Å². The summed E-state index contributed by atoms with van der Waals surface area (Å²) in [5, 5.41) is 0. The van der Waals surface area contributed by atoms with Crippen LogP contribution < -0.4 is 4.74 Å². The Balaban J connectivity index is 2.07. The molecular weight excluding hydrogens is 236 g/mol. The molecule has 1 aliphatic heterocycles. The van der Waals surface area contributed by atoms with E-state index in [9.17, 15) is 0 Å². The molecule has 2 rings (SSSR count). The molecule has 106 valence electrons. The van der Waals surface area contributed by atoms with Gasteiger partial charge in [0.05, 0.1) is 18.8 Å². The molecule has 1 aromatic rings. The number of epoxide rings is 1. The van der Waals surface area contributed by atoms with Crippen molar-refractivity contribution in [3.05, 3.63) is 28.8 Å². The Bertz CT molecular complexity index is 439. The second kappa shape index (κ2) is 5.96. The zero-order chi connectivity index (χ0) is 14.0. The summed E-state index contributed by atoms with van der Waals surface area (Å²) in [5.74, 6) is 1.63.